The Bertz CT molecular complexity index is 2370. The molecule has 0 radical (unpaired) electrons. The maximum absolute atomic E-state index is 12.2. The third-order valence-electron chi connectivity index (χ3n) is 7.55. The Labute approximate surface area is 459 Å². The van der Waals surface area contributed by atoms with Crippen LogP contribution in [0, 0.1) is 0 Å². The zero-order chi connectivity index (χ0) is 41.9. The Kier molecular flexibility index (Phi) is 26.4. The molecule has 4 aromatic heterocycles. The number of ether oxygens (including phenoxy) is 2. The van der Waals surface area contributed by atoms with Crippen molar-refractivity contribution >= 4 is 61.4 Å². The Hall–Kier alpha value is 2.13. The van der Waals surface area contributed by atoms with Gasteiger partial charge in [0.1, 0.15) is 36.6 Å². The molecule has 4 aromatic rings. The van der Waals surface area contributed by atoms with Crippen LogP contribution in [-0.2, 0) is 58.6 Å². The number of aromatic amines is 2. The van der Waals surface area contributed by atoms with Crippen molar-refractivity contribution in [3.8, 4) is 0 Å². The number of aliphatic hydroxyl groups is 4. The number of aromatic nitrogens is 8. The van der Waals surface area contributed by atoms with Crippen LogP contribution in [0.25, 0.3) is 22.3 Å². The van der Waals surface area contributed by atoms with Crippen LogP contribution >= 0.6 is 39.1 Å². The number of imidazole rings is 2. The van der Waals surface area contributed by atoms with Crippen LogP contribution in [0.2, 0.25) is 0 Å². The van der Waals surface area contributed by atoms with Gasteiger partial charge in [-0.05, 0) is 0 Å². The molecule has 2 saturated heterocycles. The summed E-state index contributed by atoms with van der Waals surface area (Å²) in [5.74, 6) is 0. The van der Waals surface area contributed by atoms with E-state index in [0.717, 1.165) is 34.4 Å². The van der Waals surface area contributed by atoms with Crippen molar-refractivity contribution in [2.24, 2.45) is 0 Å². The second-order valence-corrected chi connectivity index (χ2v) is 19.0. The second-order valence-electron chi connectivity index (χ2n) is 11.4. The molecule has 0 bridgehead atoms. The van der Waals surface area contributed by atoms with E-state index in [9.17, 15) is 77.3 Å². The van der Waals surface area contributed by atoms with E-state index in [1.54, 1.807) is 0 Å². The van der Waals surface area contributed by atoms with Gasteiger partial charge in [0.15, 0.2) is 34.8 Å². The average molecular weight is 1050 g/mol. The predicted molar refractivity (Wildman–Crippen MR) is 166 cm³/mol. The van der Waals surface area contributed by atoms with Crippen molar-refractivity contribution in [2.75, 3.05) is 13.2 Å². The van der Waals surface area contributed by atoms with Crippen LogP contribution in [-0.4, -0.2) is 115 Å². The zero-order valence-corrected chi connectivity index (χ0v) is 47.2. The van der Waals surface area contributed by atoms with Gasteiger partial charge in [-0.2, -0.15) is 0 Å². The molecule has 2 fully saturated rings. The summed E-state index contributed by atoms with van der Waals surface area (Å²) in [6.45, 7) is -2.66. The summed E-state index contributed by atoms with van der Waals surface area (Å²) < 4.78 is 95.4. The number of rotatable bonds is 16. The number of hydrogen-bond acceptors (Lipinski definition) is 28. The summed E-state index contributed by atoms with van der Waals surface area (Å²) in [4.78, 5) is 104. The molecule has 33 nitrogen and oxygen atoms in total. The largest absolute Gasteiger partial charge is 1.00 e. The molecule has 6 heterocycles. The SMILES string of the molecule is O.O=c1[nH]cnc2c1ncn2[C@@H]1O[C@H](COP(=O)([O-])OP(=O)([O-])OP(=O)([O-])OP(=O)([O-])OP(=O)([O-])OC[C@H]2O[C@@H](n3cnc4c(=O)[nH]cnc43)[C@H](O)[C@@H]2O)[C@@H](O)[C@H]1O.[Na+].[Na+].[Na+].[Na+].[Na+]. The van der Waals surface area contributed by atoms with E-state index in [1.165, 1.54) is 0 Å². The van der Waals surface area contributed by atoms with Crippen LogP contribution in [0.3, 0.4) is 0 Å². The molecule has 4 unspecified atom stereocenters. The Morgan fingerprint density at radius 3 is 1.17 bits per heavy atom. The van der Waals surface area contributed by atoms with E-state index in [4.69, 9.17) is 9.47 Å². The van der Waals surface area contributed by atoms with Crippen molar-refractivity contribution in [1.82, 2.24) is 39.0 Å². The maximum atomic E-state index is 12.2. The minimum atomic E-state index is -6.90. The molecule has 2 aliphatic heterocycles. The predicted octanol–water partition coefficient (Wildman–Crippen LogP) is -21.9. The number of fused-ring (bicyclic) bond motifs is 2. The van der Waals surface area contributed by atoms with Crippen LogP contribution in [0.5, 0.6) is 0 Å². The topological polar surface area (TPSA) is 514 Å². The van der Waals surface area contributed by atoms with Gasteiger partial charge in [0.05, 0.1) is 38.5 Å². The van der Waals surface area contributed by atoms with Gasteiger partial charge in [0.2, 0.25) is 0 Å². The summed E-state index contributed by atoms with van der Waals surface area (Å²) in [6, 6.07) is 0. The van der Waals surface area contributed by atoms with Gasteiger partial charge in [-0.3, -0.25) is 41.5 Å². The smallest absolute Gasteiger partial charge is 0.756 e. The fraction of sp³-hybridized carbons (Fsp3) is 0.500. The van der Waals surface area contributed by atoms with Crippen LogP contribution in [0.1, 0.15) is 12.5 Å². The first-order valence-corrected chi connectivity index (χ1v) is 22.2. The van der Waals surface area contributed by atoms with Crippen LogP contribution in [0.15, 0.2) is 34.9 Å². The molecule has 0 aromatic carbocycles. The number of nitrogens with zero attached hydrogens (tertiary/aromatic N) is 6. The quantitative estimate of drug-likeness (QED) is 0.0448. The molecule has 0 aliphatic carbocycles. The second kappa shape index (κ2) is 25.5. The molecule has 324 valence electrons. The zero-order valence-electron chi connectivity index (χ0n) is 32.7. The monoisotopic (exact) mass is 1050 g/mol. The molecule has 8 N–H and O–H groups in total. The fourth-order valence-corrected chi connectivity index (χ4v) is 11.3. The molecule has 6 rings (SSSR count). The molecule has 0 spiro atoms. The van der Waals surface area contributed by atoms with Crippen molar-refractivity contribution in [3.63, 3.8) is 0 Å². The van der Waals surface area contributed by atoms with Gasteiger partial charge in [-0.1, -0.05) is 0 Å². The van der Waals surface area contributed by atoms with Crippen LogP contribution in [0.4, 0.5) is 0 Å². The number of phosphoric ester groups is 2. The summed E-state index contributed by atoms with van der Waals surface area (Å²) in [5.41, 5.74) is -2.10. The maximum Gasteiger partial charge on any atom is 1.00 e. The van der Waals surface area contributed by atoms with Gasteiger partial charge in [-0.15, -0.1) is 0 Å². The normalized spacial score (nSPS) is 27.8. The van der Waals surface area contributed by atoms with E-state index >= 15 is 0 Å². The Balaban J connectivity index is 0.00000641. The van der Waals surface area contributed by atoms with Gasteiger partial charge in [-0.25, -0.2) is 37.2 Å². The van der Waals surface area contributed by atoms with E-state index in [-0.39, 0.29) is 176 Å². The van der Waals surface area contributed by atoms with E-state index in [2.05, 4.69) is 56.2 Å². The molecule has 0 saturated carbocycles. The fourth-order valence-electron chi connectivity index (χ4n) is 5.20. The number of aliphatic hydroxyl groups excluding tert-OH is 4. The van der Waals surface area contributed by atoms with E-state index < -0.39 is 113 Å². The van der Waals surface area contributed by atoms with Crippen molar-refractivity contribution < 1.29 is 257 Å². The third-order valence-corrected chi connectivity index (χ3v) is 14.9. The van der Waals surface area contributed by atoms with Crippen molar-refractivity contribution in [3.05, 3.63) is 46.0 Å². The Morgan fingerprint density at radius 2 is 0.857 bits per heavy atom. The molecule has 43 heteroatoms. The standard InChI is InChI=1S/C20H27N8O24P5.5Na.H2O/c29-11-7(47-19(13(11)31)27-5-25-9-15(27)21-3-23-17(9)33)1-45-53(35,36)49-55(39,40)51-57(43,44)52-56(41,42)50-54(37,38)46-2-8-12(30)14(32)20(48-8)28-6-26-10-16(28)22-4-24-18(10)34;;;;;;/h3-8,11-14,19-20,29-32H,1-2H2,(H,35,36)(H,37,38)(H,39,40)(H,41,42)(H,43,44)(H,21,23,33)(H,22,24,34);;;;;;1H2/q;5*+1;/p-5/t7-,8-,11-,12-,13-,14-,19-,20-;;;;;;/m1....../s1. The molecular formula is C20H24N8Na5O25P5. The number of nitrogens with one attached hydrogen (secondary N) is 2. The van der Waals surface area contributed by atoms with Crippen molar-refractivity contribution in [1.29, 1.82) is 0 Å². The van der Waals surface area contributed by atoms with Gasteiger partial charge < -0.3 is 78.9 Å². The Morgan fingerprint density at radius 1 is 0.556 bits per heavy atom. The number of hydrogen-bond donors (Lipinski definition) is 6. The first-order chi connectivity index (χ1) is 26.4. The summed E-state index contributed by atoms with van der Waals surface area (Å²) >= 11 is 0. The first kappa shape index (κ1) is 65.1. The third kappa shape index (κ3) is 16.1. The minimum absolute atomic E-state index is 0. The molecule has 63 heavy (non-hydrogen) atoms. The summed E-state index contributed by atoms with van der Waals surface area (Å²) in [5, 5.41) is 41.4. The van der Waals surface area contributed by atoms with Gasteiger partial charge >= 0.3 is 148 Å². The molecule has 2 aliphatic rings. The van der Waals surface area contributed by atoms with E-state index in [1.807, 2.05) is 0 Å². The number of phosphoric acid groups is 5. The van der Waals surface area contributed by atoms with Crippen molar-refractivity contribution in [2.45, 2.75) is 49.1 Å². The summed E-state index contributed by atoms with van der Waals surface area (Å²) in [7, 11) is -33.0. The van der Waals surface area contributed by atoms with Crippen LogP contribution < -0.4 is 183 Å². The minimum Gasteiger partial charge on any atom is -0.756 e. The molecule has 12 atom stereocenters. The first-order valence-electron chi connectivity index (χ1n) is 14.9. The molecular weight excluding hydrogens is 1020 g/mol. The number of H-pyrrole nitrogens is 2. The van der Waals surface area contributed by atoms with Gasteiger partial charge in [0, 0.05) is 0 Å². The van der Waals surface area contributed by atoms with E-state index in [0.29, 0.717) is 0 Å². The van der Waals surface area contributed by atoms with Gasteiger partial charge in [0.25, 0.3) is 50.2 Å². The average Bonchev–Trinajstić information content (AvgIpc) is 3.83. The molecule has 0 amide bonds. The summed E-state index contributed by atoms with van der Waals surface area (Å²) in [6.07, 6.45) is -10.4.